The summed E-state index contributed by atoms with van der Waals surface area (Å²) >= 11 is 3.39. The van der Waals surface area contributed by atoms with E-state index in [1.807, 2.05) is 6.92 Å². The molecule has 1 aliphatic rings. The number of benzene rings is 3. The molecule has 1 saturated heterocycles. The first-order valence-electron chi connectivity index (χ1n) is 11.5. The lowest BCUT2D eigenvalue weighted by atomic mass is 10.0. The Balaban J connectivity index is 1.61. The van der Waals surface area contributed by atoms with E-state index in [0.717, 1.165) is 20.5 Å². The Morgan fingerprint density at radius 3 is 2.61 bits per heavy atom. The second kappa shape index (κ2) is 11.2. The molecule has 0 aromatic heterocycles. The van der Waals surface area contributed by atoms with Crippen LogP contribution in [0, 0.1) is 17.0 Å². The number of barbiturate groups is 1. The summed E-state index contributed by atoms with van der Waals surface area (Å²) in [6.45, 7) is 5.70. The third kappa shape index (κ3) is 5.70. The van der Waals surface area contributed by atoms with Crippen LogP contribution in [0.5, 0.6) is 5.75 Å². The van der Waals surface area contributed by atoms with Crippen molar-refractivity contribution < 1.29 is 24.0 Å². The predicted molar refractivity (Wildman–Crippen MR) is 146 cm³/mol. The number of nitro benzene ring substituents is 1. The summed E-state index contributed by atoms with van der Waals surface area (Å²) in [7, 11) is 0. The Morgan fingerprint density at radius 1 is 1.11 bits per heavy atom. The number of hydrogen-bond acceptors (Lipinski definition) is 6. The smallest absolute Gasteiger partial charge is 0.335 e. The van der Waals surface area contributed by atoms with Crippen molar-refractivity contribution in [3.63, 3.8) is 0 Å². The van der Waals surface area contributed by atoms with Crippen LogP contribution < -0.4 is 15.0 Å². The minimum atomic E-state index is -0.823. The Morgan fingerprint density at radius 2 is 1.89 bits per heavy atom. The van der Waals surface area contributed by atoms with Gasteiger partial charge in [0.2, 0.25) is 0 Å². The van der Waals surface area contributed by atoms with Gasteiger partial charge in [0.25, 0.3) is 17.5 Å². The van der Waals surface area contributed by atoms with Crippen molar-refractivity contribution >= 4 is 51.2 Å². The first kappa shape index (κ1) is 26.5. The van der Waals surface area contributed by atoms with Gasteiger partial charge in [-0.1, -0.05) is 40.2 Å². The highest BCUT2D eigenvalue weighted by molar-refractivity contribution is 9.10. The van der Waals surface area contributed by atoms with Gasteiger partial charge in [-0.05, 0) is 72.0 Å². The minimum Gasteiger partial charge on any atom is -0.489 e. The van der Waals surface area contributed by atoms with Crippen LogP contribution in [0.3, 0.4) is 0 Å². The number of hydrogen-bond donors (Lipinski definition) is 1. The van der Waals surface area contributed by atoms with Gasteiger partial charge in [-0.2, -0.15) is 0 Å². The summed E-state index contributed by atoms with van der Waals surface area (Å²) in [6, 6.07) is 15.5. The second-order valence-corrected chi connectivity index (χ2v) is 9.32. The van der Waals surface area contributed by atoms with E-state index in [0.29, 0.717) is 29.0 Å². The molecule has 38 heavy (non-hydrogen) atoms. The molecular formula is C28H22BrN3O6. The van der Waals surface area contributed by atoms with Gasteiger partial charge in [-0.3, -0.25) is 25.0 Å². The van der Waals surface area contributed by atoms with Gasteiger partial charge < -0.3 is 4.74 Å². The molecule has 0 unspecified atom stereocenters. The standard InChI is InChI=1S/C28H22BrN3O6/c1-3-5-20-13-18(8-11-25(20)38-16-19-6-4-7-22(14-19)32(36)37)15-23-26(33)30-28(35)31(27(23)34)21-9-10-24(29)17(2)12-21/h3-4,6-15H,1,5,16H2,2H3,(H,30,33,35). The van der Waals surface area contributed by atoms with Crippen molar-refractivity contribution in [3.05, 3.63) is 116 Å². The second-order valence-electron chi connectivity index (χ2n) is 8.47. The molecule has 4 amide bonds. The molecular weight excluding hydrogens is 554 g/mol. The zero-order chi connectivity index (χ0) is 27.4. The van der Waals surface area contributed by atoms with Gasteiger partial charge in [-0.15, -0.1) is 6.58 Å². The third-order valence-electron chi connectivity index (χ3n) is 5.78. The minimum absolute atomic E-state index is 0.0272. The largest absolute Gasteiger partial charge is 0.489 e. The SMILES string of the molecule is C=CCc1cc(C=C2C(=O)NC(=O)N(c3ccc(Br)c(C)c3)C2=O)ccc1OCc1cccc([N+](=O)[O-])c1. The van der Waals surface area contributed by atoms with Crippen LogP contribution in [-0.2, 0) is 22.6 Å². The van der Waals surface area contributed by atoms with Gasteiger partial charge in [-0.25, -0.2) is 9.69 Å². The number of anilines is 1. The maximum atomic E-state index is 13.2. The zero-order valence-electron chi connectivity index (χ0n) is 20.3. The molecule has 3 aromatic rings. The lowest BCUT2D eigenvalue weighted by Crippen LogP contribution is -2.54. The van der Waals surface area contributed by atoms with Crippen molar-refractivity contribution in [2.75, 3.05) is 4.90 Å². The van der Waals surface area contributed by atoms with Crippen LogP contribution in [-0.4, -0.2) is 22.8 Å². The normalized spacial score (nSPS) is 14.4. The highest BCUT2D eigenvalue weighted by Gasteiger charge is 2.37. The number of ether oxygens (including phenoxy) is 1. The number of halogens is 1. The number of allylic oxidation sites excluding steroid dienone is 1. The Labute approximate surface area is 226 Å². The number of carbonyl (C=O) groups is 3. The van der Waals surface area contributed by atoms with E-state index in [1.54, 1.807) is 54.6 Å². The number of nitrogens with zero attached hydrogens (tertiary/aromatic N) is 2. The van der Waals surface area contributed by atoms with Crippen molar-refractivity contribution in [1.82, 2.24) is 5.32 Å². The van der Waals surface area contributed by atoms with Gasteiger partial charge in [0.05, 0.1) is 10.6 Å². The number of imide groups is 2. The van der Waals surface area contributed by atoms with Gasteiger partial charge in [0.15, 0.2) is 0 Å². The summed E-state index contributed by atoms with van der Waals surface area (Å²) in [4.78, 5) is 49.8. The average Bonchev–Trinajstić information content (AvgIpc) is 2.88. The molecule has 0 bridgehead atoms. The number of urea groups is 1. The Bertz CT molecular complexity index is 1510. The van der Waals surface area contributed by atoms with E-state index >= 15 is 0 Å². The number of rotatable bonds is 8. The highest BCUT2D eigenvalue weighted by Crippen LogP contribution is 2.28. The number of amides is 4. The summed E-state index contributed by atoms with van der Waals surface area (Å²) in [5, 5.41) is 13.3. The van der Waals surface area contributed by atoms with Crippen LogP contribution in [0.25, 0.3) is 6.08 Å². The van der Waals surface area contributed by atoms with Crippen molar-refractivity contribution in [2.24, 2.45) is 0 Å². The number of non-ortho nitro benzene ring substituents is 1. The summed E-state index contributed by atoms with van der Waals surface area (Å²) in [6.07, 6.45) is 3.53. The van der Waals surface area contributed by atoms with Crippen LogP contribution in [0.4, 0.5) is 16.2 Å². The topological polar surface area (TPSA) is 119 Å². The van der Waals surface area contributed by atoms with E-state index in [9.17, 15) is 24.5 Å². The fourth-order valence-electron chi connectivity index (χ4n) is 3.89. The molecule has 0 spiro atoms. The molecule has 9 nitrogen and oxygen atoms in total. The molecule has 1 fully saturated rings. The molecule has 1 heterocycles. The third-order valence-corrected chi connectivity index (χ3v) is 6.67. The van der Waals surface area contributed by atoms with E-state index < -0.39 is 22.8 Å². The summed E-state index contributed by atoms with van der Waals surface area (Å²) < 4.78 is 6.73. The molecule has 1 N–H and O–H groups in total. The first-order valence-corrected chi connectivity index (χ1v) is 12.2. The molecule has 0 atom stereocenters. The maximum Gasteiger partial charge on any atom is 0.335 e. The van der Waals surface area contributed by atoms with E-state index in [2.05, 4.69) is 27.8 Å². The molecule has 4 rings (SSSR count). The van der Waals surface area contributed by atoms with Gasteiger partial charge in [0.1, 0.15) is 17.9 Å². The van der Waals surface area contributed by atoms with Crippen LogP contribution >= 0.6 is 15.9 Å². The number of nitro groups is 1. The molecule has 0 radical (unpaired) electrons. The molecule has 0 aliphatic carbocycles. The Hall–Kier alpha value is -4.57. The quantitative estimate of drug-likeness (QED) is 0.122. The van der Waals surface area contributed by atoms with Crippen LogP contribution in [0.1, 0.15) is 22.3 Å². The van der Waals surface area contributed by atoms with Crippen molar-refractivity contribution in [3.8, 4) is 5.75 Å². The fourth-order valence-corrected chi connectivity index (χ4v) is 4.14. The zero-order valence-corrected chi connectivity index (χ0v) is 21.9. The van der Waals surface area contributed by atoms with Crippen LogP contribution in [0.2, 0.25) is 0 Å². The molecule has 0 saturated carbocycles. The maximum absolute atomic E-state index is 13.2. The van der Waals surface area contributed by atoms with Gasteiger partial charge in [0, 0.05) is 16.6 Å². The molecule has 192 valence electrons. The molecule has 3 aromatic carbocycles. The van der Waals surface area contributed by atoms with E-state index in [1.165, 1.54) is 18.2 Å². The predicted octanol–water partition coefficient (Wildman–Crippen LogP) is 5.64. The summed E-state index contributed by atoms with van der Waals surface area (Å²) in [5.74, 6) is -1.00. The molecule has 1 aliphatic heterocycles. The molecule has 10 heteroatoms. The lowest BCUT2D eigenvalue weighted by Gasteiger charge is -2.26. The number of nitrogens with one attached hydrogen (secondary N) is 1. The average molecular weight is 576 g/mol. The van der Waals surface area contributed by atoms with Gasteiger partial charge >= 0.3 is 6.03 Å². The first-order chi connectivity index (χ1) is 18.2. The number of carbonyl (C=O) groups excluding carboxylic acids is 3. The van der Waals surface area contributed by atoms with E-state index in [-0.39, 0.29) is 17.9 Å². The highest BCUT2D eigenvalue weighted by atomic mass is 79.9. The summed E-state index contributed by atoms with van der Waals surface area (Å²) in [5.41, 5.74) is 2.85. The number of aryl methyl sites for hydroxylation is 1. The van der Waals surface area contributed by atoms with Crippen molar-refractivity contribution in [2.45, 2.75) is 20.0 Å². The van der Waals surface area contributed by atoms with Crippen molar-refractivity contribution in [1.29, 1.82) is 0 Å². The van der Waals surface area contributed by atoms with Crippen LogP contribution in [0.15, 0.2) is 83.4 Å². The lowest BCUT2D eigenvalue weighted by molar-refractivity contribution is -0.384. The van der Waals surface area contributed by atoms with E-state index in [4.69, 9.17) is 4.74 Å². The Kier molecular flexibility index (Phi) is 7.82. The fraction of sp³-hybridized carbons (Fsp3) is 0.107. The monoisotopic (exact) mass is 575 g/mol.